The number of anilines is 1. The molecule has 0 spiro atoms. The molecule has 0 fully saturated rings. The molecule has 0 aliphatic heterocycles. The number of para-hydroxylation sites is 1. The van der Waals surface area contributed by atoms with Crippen LogP contribution in [0.5, 0.6) is 11.5 Å². The molecule has 2 aromatic carbocycles. The molecule has 0 atom stereocenters. The van der Waals surface area contributed by atoms with E-state index in [9.17, 15) is 9.59 Å². The van der Waals surface area contributed by atoms with Crippen LogP contribution in [0.3, 0.4) is 0 Å². The Labute approximate surface area is 158 Å². The fourth-order valence-electron chi connectivity index (χ4n) is 2.66. The number of benzene rings is 2. The number of hydrogen-bond acceptors (Lipinski definition) is 6. The summed E-state index contributed by atoms with van der Waals surface area (Å²) in [6.45, 7) is 0.705. The molecule has 0 saturated carbocycles. The Morgan fingerprint density at radius 3 is 2.37 bits per heavy atom. The van der Waals surface area contributed by atoms with E-state index in [2.05, 4.69) is 5.32 Å². The zero-order chi connectivity index (χ0) is 19.8. The van der Waals surface area contributed by atoms with Gasteiger partial charge in [-0.2, -0.15) is 0 Å². The lowest BCUT2D eigenvalue weighted by Crippen LogP contribution is -2.30. The van der Waals surface area contributed by atoms with Crippen molar-refractivity contribution in [1.82, 2.24) is 4.90 Å². The summed E-state index contributed by atoms with van der Waals surface area (Å²) in [7, 11) is 6.30. The molecular formula is C20H24N2O5. The lowest BCUT2D eigenvalue weighted by Gasteiger charge is -2.18. The molecule has 2 rings (SSSR count). The van der Waals surface area contributed by atoms with Crippen molar-refractivity contribution in [3.8, 4) is 11.5 Å². The number of nitrogens with zero attached hydrogens (tertiary/aromatic N) is 1. The Kier molecular flexibility index (Phi) is 7.19. The lowest BCUT2D eigenvalue weighted by atomic mass is 10.1. The predicted octanol–water partition coefficient (Wildman–Crippen LogP) is 2.56. The summed E-state index contributed by atoms with van der Waals surface area (Å²) in [6, 6.07) is 12.4. The highest BCUT2D eigenvalue weighted by Gasteiger charge is 2.15. The fourth-order valence-corrected chi connectivity index (χ4v) is 2.66. The van der Waals surface area contributed by atoms with Gasteiger partial charge in [-0.25, -0.2) is 4.79 Å². The standard InChI is InChI=1S/C20H24N2O5/c1-22(12-14-9-10-17(25-2)18(11-14)26-3)13-19(23)21-16-8-6-5-7-15(16)20(24)27-4/h5-11H,12-13H2,1-4H3,(H,21,23). The van der Waals surface area contributed by atoms with Crippen molar-refractivity contribution >= 4 is 17.6 Å². The first-order valence-electron chi connectivity index (χ1n) is 8.35. The van der Waals surface area contributed by atoms with Gasteiger partial charge in [0.15, 0.2) is 11.5 Å². The molecule has 27 heavy (non-hydrogen) atoms. The van der Waals surface area contributed by atoms with E-state index in [1.54, 1.807) is 38.5 Å². The maximum absolute atomic E-state index is 12.4. The minimum atomic E-state index is -0.496. The van der Waals surface area contributed by atoms with Crippen LogP contribution < -0.4 is 14.8 Å². The minimum absolute atomic E-state index is 0.157. The van der Waals surface area contributed by atoms with Gasteiger partial charge in [0.05, 0.1) is 39.1 Å². The number of rotatable bonds is 8. The second-order valence-electron chi connectivity index (χ2n) is 5.95. The molecule has 0 aliphatic rings. The van der Waals surface area contributed by atoms with E-state index in [0.29, 0.717) is 29.3 Å². The van der Waals surface area contributed by atoms with Gasteiger partial charge in [-0.05, 0) is 36.9 Å². The van der Waals surface area contributed by atoms with E-state index in [-0.39, 0.29) is 12.5 Å². The molecule has 7 nitrogen and oxygen atoms in total. The van der Waals surface area contributed by atoms with Gasteiger partial charge in [-0.3, -0.25) is 9.69 Å². The molecule has 7 heteroatoms. The SMILES string of the molecule is COC(=O)c1ccccc1NC(=O)CN(C)Cc1ccc(OC)c(OC)c1. The third kappa shape index (κ3) is 5.46. The van der Waals surface area contributed by atoms with Gasteiger partial charge in [0.25, 0.3) is 0 Å². The van der Waals surface area contributed by atoms with E-state index in [4.69, 9.17) is 14.2 Å². The summed E-state index contributed by atoms with van der Waals surface area (Å²) in [6.07, 6.45) is 0. The van der Waals surface area contributed by atoms with E-state index in [1.165, 1.54) is 7.11 Å². The third-order valence-electron chi connectivity index (χ3n) is 3.92. The second-order valence-corrected chi connectivity index (χ2v) is 5.95. The Morgan fingerprint density at radius 2 is 1.70 bits per heavy atom. The predicted molar refractivity (Wildman–Crippen MR) is 102 cm³/mol. The van der Waals surface area contributed by atoms with E-state index >= 15 is 0 Å². The van der Waals surface area contributed by atoms with Crippen LogP contribution in [0.4, 0.5) is 5.69 Å². The topological polar surface area (TPSA) is 77.1 Å². The normalized spacial score (nSPS) is 10.4. The Balaban J connectivity index is 1.99. The first kappa shape index (κ1) is 20.3. The number of hydrogen-bond donors (Lipinski definition) is 1. The zero-order valence-corrected chi connectivity index (χ0v) is 15.9. The average Bonchev–Trinajstić information content (AvgIpc) is 2.67. The van der Waals surface area contributed by atoms with Crippen LogP contribution in [0.15, 0.2) is 42.5 Å². The van der Waals surface area contributed by atoms with Crippen molar-refractivity contribution in [3.05, 3.63) is 53.6 Å². The number of carbonyl (C=O) groups is 2. The zero-order valence-electron chi connectivity index (χ0n) is 15.9. The molecule has 144 valence electrons. The van der Waals surface area contributed by atoms with Gasteiger partial charge < -0.3 is 19.5 Å². The highest BCUT2D eigenvalue weighted by atomic mass is 16.5. The second kappa shape index (κ2) is 9.59. The van der Waals surface area contributed by atoms with Gasteiger partial charge in [-0.15, -0.1) is 0 Å². The van der Waals surface area contributed by atoms with Crippen LogP contribution >= 0.6 is 0 Å². The van der Waals surface area contributed by atoms with Crippen LogP contribution in [-0.2, 0) is 16.1 Å². The number of ether oxygens (including phenoxy) is 3. The summed E-state index contributed by atoms with van der Waals surface area (Å²) >= 11 is 0. The summed E-state index contributed by atoms with van der Waals surface area (Å²) < 4.78 is 15.3. The van der Waals surface area contributed by atoms with Gasteiger partial charge in [0, 0.05) is 6.54 Å². The molecule has 0 aromatic heterocycles. The van der Waals surface area contributed by atoms with E-state index < -0.39 is 5.97 Å². The van der Waals surface area contributed by atoms with Crippen molar-refractivity contribution in [2.75, 3.05) is 40.2 Å². The summed E-state index contributed by atoms with van der Waals surface area (Å²) in [5.41, 5.74) is 1.72. The number of likely N-dealkylation sites (N-methyl/N-ethyl adjacent to an activating group) is 1. The molecular weight excluding hydrogens is 348 g/mol. The largest absolute Gasteiger partial charge is 0.493 e. The third-order valence-corrected chi connectivity index (χ3v) is 3.92. The monoisotopic (exact) mass is 372 g/mol. The van der Waals surface area contributed by atoms with Crippen LogP contribution in [-0.4, -0.2) is 51.7 Å². The van der Waals surface area contributed by atoms with Gasteiger partial charge in [-0.1, -0.05) is 18.2 Å². The highest BCUT2D eigenvalue weighted by Crippen LogP contribution is 2.27. The highest BCUT2D eigenvalue weighted by molar-refractivity contribution is 6.01. The fraction of sp³-hybridized carbons (Fsp3) is 0.300. The van der Waals surface area contributed by atoms with Crippen molar-refractivity contribution < 1.29 is 23.8 Å². The molecule has 2 aromatic rings. The number of methoxy groups -OCH3 is 3. The van der Waals surface area contributed by atoms with Crippen LogP contribution in [0.2, 0.25) is 0 Å². The Hall–Kier alpha value is -3.06. The summed E-state index contributed by atoms with van der Waals surface area (Å²) in [5, 5.41) is 2.76. The summed E-state index contributed by atoms with van der Waals surface area (Å²) in [4.78, 5) is 26.0. The van der Waals surface area contributed by atoms with Gasteiger partial charge >= 0.3 is 5.97 Å². The minimum Gasteiger partial charge on any atom is -0.493 e. The van der Waals surface area contributed by atoms with Crippen molar-refractivity contribution in [2.24, 2.45) is 0 Å². The van der Waals surface area contributed by atoms with Gasteiger partial charge in [0.2, 0.25) is 5.91 Å². The van der Waals surface area contributed by atoms with E-state index in [1.807, 2.05) is 30.1 Å². The van der Waals surface area contributed by atoms with Crippen molar-refractivity contribution in [2.45, 2.75) is 6.54 Å². The molecule has 0 bridgehead atoms. The maximum atomic E-state index is 12.4. The van der Waals surface area contributed by atoms with E-state index in [0.717, 1.165) is 5.56 Å². The quantitative estimate of drug-likeness (QED) is 0.718. The molecule has 0 aliphatic carbocycles. The molecule has 1 amide bonds. The van der Waals surface area contributed by atoms with Crippen LogP contribution in [0.1, 0.15) is 15.9 Å². The first-order chi connectivity index (χ1) is 13.0. The molecule has 0 unspecified atom stereocenters. The number of amides is 1. The van der Waals surface area contributed by atoms with Crippen LogP contribution in [0, 0.1) is 0 Å². The number of nitrogens with one attached hydrogen (secondary N) is 1. The molecule has 0 radical (unpaired) electrons. The van der Waals surface area contributed by atoms with Crippen LogP contribution in [0.25, 0.3) is 0 Å². The summed E-state index contributed by atoms with van der Waals surface area (Å²) in [5.74, 6) is 0.569. The lowest BCUT2D eigenvalue weighted by molar-refractivity contribution is -0.117. The Morgan fingerprint density at radius 1 is 1.00 bits per heavy atom. The average molecular weight is 372 g/mol. The maximum Gasteiger partial charge on any atom is 0.339 e. The number of carbonyl (C=O) groups excluding carboxylic acids is 2. The number of esters is 1. The van der Waals surface area contributed by atoms with Crippen molar-refractivity contribution in [3.63, 3.8) is 0 Å². The van der Waals surface area contributed by atoms with Gasteiger partial charge in [0.1, 0.15) is 0 Å². The molecule has 1 N–H and O–H groups in total. The smallest absolute Gasteiger partial charge is 0.339 e. The Bertz CT molecular complexity index is 807. The molecule has 0 heterocycles. The molecule has 0 saturated heterocycles. The first-order valence-corrected chi connectivity index (χ1v) is 8.35. The van der Waals surface area contributed by atoms with Crippen molar-refractivity contribution in [1.29, 1.82) is 0 Å².